The molecule has 3 aromatic rings. The number of aromatic nitrogens is 2. The summed E-state index contributed by atoms with van der Waals surface area (Å²) in [6, 6.07) is 10.1. The molecule has 1 aromatic carbocycles. The van der Waals surface area contributed by atoms with Gasteiger partial charge in [-0.05, 0) is 72.4 Å². The first-order valence-corrected chi connectivity index (χ1v) is 13.7. The molecule has 6 rings (SSSR count). The van der Waals surface area contributed by atoms with E-state index in [1.54, 1.807) is 23.7 Å². The molecule has 6 nitrogen and oxygen atoms in total. The number of thiazole rings is 1. The number of rotatable bonds is 3. The van der Waals surface area contributed by atoms with Crippen LogP contribution in [0.5, 0.6) is 0 Å². The van der Waals surface area contributed by atoms with Crippen LogP contribution in [0.4, 0.5) is 13.2 Å². The Morgan fingerprint density at radius 2 is 1.77 bits per heavy atom. The highest BCUT2D eigenvalue weighted by Crippen LogP contribution is 2.51. The van der Waals surface area contributed by atoms with Gasteiger partial charge < -0.3 is 0 Å². The second-order valence-electron chi connectivity index (χ2n) is 9.66. The molecule has 0 amide bonds. The molecule has 184 valence electrons. The highest BCUT2D eigenvalue weighted by atomic mass is 32.2. The first-order chi connectivity index (χ1) is 16.6. The van der Waals surface area contributed by atoms with Crippen LogP contribution in [0.1, 0.15) is 24.0 Å². The highest BCUT2D eigenvalue weighted by molar-refractivity contribution is 7.87. The van der Waals surface area contributed by atoms with Gasteiger partial charge in [0.2, 0.25) is 0 Å². The van der Waals surface area contributed by atoms with Gasteiger partial charge in [-0.1, -0.05) is 12.1 Å². The van der Waals surface area contributed by atoms with Gasteiger partial charge in [-0.3, -0.25) is 4.98 Å². The number of hydrogen-bond donors (Lipinski definition) is 1. The van der Waals surface area contributed by atoms with Crippen molar-refractivity contribution in [2.75, 3.05) is 13.1 Å². The zero-order valence-corrected chi connectivity index (χ0v) is 20.3. The smallest absolute Gasteiger partial charge is 0.265 e. The quantitative estimate of drug-likeness (QED) is 0.554. The summed E-state index contributed by atoms with van der Waals surface area (Å²) in [4.78, 5) is 9.71. The van der Waals surface area contributed by atoms with Gasteiger partial charge in [-0.25, -0.2) is 4.98 Å². The second kappa shape index (κ2) is 8.09. The van der Waals surface area contributed by atoms with Crippen molar-refractivity contribution in [3.8, 4) is 21.0 Å². The monoisotopic (exact) mass is 520 g/mol. The lowest BCUT2D eigenvalue weighted by Crippen LogP contribution is -2.52. The topological polar surface area (TPSA) is 75.2 Å². The summed E-state index contributed by atoms with van der Waals surface area (Å²) in [5.41, 5.74) is 3.45. The van der Waals surface area contributed by atoms with E-state index in [9.17, 15) is 21.6 Å². The first kappa shape index (κ1) is 23.1. The number of fused-ring (bicyclic) bond motifs is 1. The average molecular weight is 521 g/mol. The SMILES string of the molecule is O=S1(=O)N[C@]2(CN1CC(F)(F)F)[C@@H]1CC[C@H]2Cc2cc(-c3ncc(-c4ccncc4)s3)ccc2C1. The molecule has 1 N–H and O–H groups in total. The normalized spacial score (nSPS) is 27.7. The molecule has 35 heavy (non-hydrogen) atoms. The minimum Gasteiger partial charge on any atom is -0.265 e. The maximum Gasteiger partial charge on any atom is 0.402 e. The Hall–Kier alpha value is -2.34. The fourth-order valence-electron chi connectivity index (χ4n) is 6.03. The number of alkyl halides is 3. The van der Waals surface area contributed by atoms with Crippen molar-refractivity contribution in [1.29, 1.82) is 0 Å². The molecule has 3 atom stereocenters. The Bertz CT molecular complexity index is 1380. The van der Waals surface area contributed by atoms with E-state index in [1.807, 2.05) is 24.4 Å². The number of nitrogens with one attached hydrogen (secondary N) is 1. The van der Waals surface area contributed by atoms with E-state index in [0.717, 1.165) is 45.0 Å². The summed E-state index contributed by atoms with van der Waals surface area (Å²) in [5.74, 6) is -0.0913. The Labute approximate surface area is 205 Å². The Morgan fingerprint density at radius 1 is 1.06 bits per heavy atom. The van der Waals surface area contributed by atoms with E-state index >= 15 is 0 Å². The molecular weight excluding hydrogens is 497 g/mol. The lowest BCUT2D eigenvalue weighted by molar-refractivity contribution is -0.136. The fourth-order valence-corrected chi connectivity index (χ4v) is 8.66. The third-order valence-corrected chi connectivity index (χ3v) is 10.3. The minimum absolute atomic E-state index is 0.0363. The summed E-state index contributed by atoms with van der Waals surface area (Å²) in [5, 5.41) is 0.890. The summed E-state index contributed by atoms with van der Waals surface area (Å²) in [7, 11) is -4.18. The van der Waals surface area contributed by atoms with Crippen LogP contribution in [0.3, 0.4) is 0 Å². The van der Waals surface area contributed by atoms with Crippen molar-refractivity contribution in [3.63, 3.8) is 0 Å². The summed E-state index contributed by atoms with van der Waals surface area (Å²) < 4.78 is 67.9. The highest BCUT2D eigenvalue weighted by Gasteiger charge is 2.60. The molecule has 2 aromatic heterocycles. The maximum atomic E-state index is 13.1. The van der Waals surface area contributed by atoms with Gasteiger partial charge in [0, 0.05) is 30.7 Å². The van der Waals surface area contributed by atoms with Gasteiger partial charge in [0.15, 0.2) is 0 Å². The summed E-state index contributed by atoms with van der Waals surface area (Å²) in [6.07, 6.45) is 3.63. The molecule has 11 heteroatoms. The van der Waals surface area contributed by atoms with Crippen LogP contribution in [0, 0.1) is 11.8 Å². The fraction of sp³-hybridized carbons (Fsp3) is 0.417. The zero-order valence-electron chi connectivity index (χ0n) is 18.6. The molecular formula is C24H23F3N4O2S2. The molecule has 0 radical (unpaired) electrons. The molecule has 1 saturated carbocycles. The zero-order chi connectivity index (χ0) is 24.4. The number of pyridine rings is 1. The molecule has 2 bridgehead atoms. The van der Waals surface area contributed by atoms with Gasteiger partial charge >= 0.3 is 6.18 Å². The standard InChI is InChI=1S/C24H23F3N4O2S2/c25-24(26,27)14-31-13-23(30-35(31,32)33)19-3-4-20(23)11-18-9-17(2-1-16(18)10-19)22-29-12-21(34-22)15-5-7-28-8-6-15/h1-2,5-9,12,19-20,30H,3-4,10-11,13-14H2/t19-,20+,23-/m1/s1. The van der Waals surface area contributed by atoms with Gasteiger partial charge in [0.25, 0.3) is 10.2 Å². The average Bonchev–Trinajstić information content (AvgIpc) is 3.43. The van der Waals surface area contributed by atoms with E-state index in [2.05, 4.69) is 26.8 Å². The Morgan fingerprint density at radius 3 is 2.49 bits per heavy atom. The van der Waals surface area contributed by atoms with Crippen LogP contribution in [0.2, 0.25) is 0 Å². The second-order valence-corrected chi connectivity index (χ2v) is 12.4. The molecule has 1 saturated heterocycles. The van der Waals surface area contributed by atoms with Gasteiger partial charge in [0.05, 0.1) is 10.4 Å². The molecule has 1 aliphatic heterocycles. The van der Waals surface area contributed by atoms with Crippen LogP contribution in [0.25, 0.3) is 21.0 Å². The van der Waals surface area contributed by atoms with Crippen molar-refractivity contribution >= 4 is 21.5 Å². The van der Waals surface area contributed by atoms with E-state index in [1.165, 1.54) is 0 Å². The lowest BCUT2D eigenvalue weighted by atomic mass is 9.79. The minimum atomic E-state index is -4.58. The number of nitrogens with zero attached hydrogens (tertiary/aromatic N) is 3. The van der Waals surface area contributed by atoms with Crippen molar-refractivity contribution in [2.45, 2.75) is 37.4 Å². The van der Waals surface area contributed by atoms with Crippen molar-refractivity contribution in [2.24, 2.45) is 11.8 Å². The first-order valence-electron chi connectivity index (χ1n) is 11.5. The molecule has 2 aliphatic carbocycles. The van der Waals surface area contributed by atoms with Crippen LogP contribution in [0.15, 0.2) is 48.9 Å². The van der Waals surface area contributed by atoms with Gasteiger partial charge in [0.1, 0.15) is 11.6 Å². The van der Waals surface area contributed by atoms with E-state index in [0.29, 0.717) is 17.1 Å². The van der Waals surface area contributed by atoms with E-state index in [-0.39, 0.29) is 18.4 Å². The van der Waals surface area contributed by atoms with E-state index < -0.39 is 28.5 Å². The summed E-state index contributed by atoms with van der Waals surface area (Å²) in [6.45, 7) is -1.59. The summed E-state index contributed by atoms with van der Waals surface area (Å²) >= 11 is 1.59. The van der Waals surface area contributed by atoms with Crippen molar-refractivity contribution in [1.82, 2.24) is 19.0 Å². The number of halogens is 3. The van der Waals surface area contributed by atoms with Gasteiger partial charge in [-0.2, -0.15) is 30.6 Å². The third kappa shape index (κ3) is 4.08. The Kier molecular flexibility index (Phi) is 5.33. The predicted molar refractivity (Wildman–Crippen MR) is 127 cm³/mol. The van der Waals surface area contributed by atoms with Crippen molar-refractivity contribution < 1.29 is 21.6 Å². The lowest BCUT2D eigenvalue weighted by Gasteiger charge is -2.33. The largest absolute Gasteiger partial charge is 0.402 e. The van der Waals surface area contributed by atoms with Crippen LogP contribution < -0.4 is 4.72 Å². The number of hydrogen-bond acceptors (Lipinski definition) is 5. The van der Waals surface area contributed by atoms with Crippen molar-refractivity contribution in [3.05, 3.63) is 60.0 Å². The molecule has 2 fully saturated rings. The third-order valence-electron chi connectivity index (χ3n) is 7.63. The van der Waals surface area contributed by atoms with Crippen LogP contribution in [-0.2, 0) is 23.1 Å². The van der Waals surface area contributed by atoms with Crippen LogP contribution in [-0.4, -0.2) is 47.5 Å². The van der Waals surface area contributed by atoms with Crippen LogP contribution >= 0.6 is 11.3 Å². The molecule has 3 aliphatic rings. The molecule has 3 heterocycles. The molecule has 0 unspecified atom stereocenters. The van der Waals surface area contributed by atoms with Gasteiger partial charge in [-0.15, -0.1) is 11.3 Å². The number of benzene rings is 1. The van der Waals surface area contributed by atoms with E-state index in [4.69, 9.17) is 0 Å². The maximum absolute atomic E-state index is 13.1. The molecule has 1 spiro atoms. The Balaban J connectivity index is 1.30. The predicted octanol–water partition coefficient (Wildman–Crippen LogP) is 4.45.